The van der Waals surface area contributed by atoms with E-state index in [2.05, 4.69) is 15.3 Å². The van der Waals surface area contributed by atoms with Crippen molar-refractivity contribution in [2.24, 2.45) is 0 Å². The van der Waals surface area contributed by atoms with Crippen LogP contribution in [0.4, 0.5) is 16.4 Å². The summed E-state index contributed by atoms with van der Waals surface area (Å²) in [6.07, 6.45) is 3.75. The summed E-state index contributed by atoms with van der Waals surface area (Å²) in [4.78, 5) is 33.9. The van der Waals surface area contributed by atoms with Crippen LogP contribution >= 0.6 is 11.6 Å². The summed E-state index contributed by atoms with van der Waals surface area (Å²) in [7, 11) is 0. The van der Waals surface area contributed by atoms with Gasteiger partial charge in [0.15, 0.2) is 0 Å². The van der Waals surface area contributed by atoms with E-state index in [1.165, 1.54) is 4.90 Å². The normalized spacial score (nSPS) is 15.8. The van der Waals surface area contributed by atoms with Gasteiger partial charge >= 0.3 is 6.09 Å². The van der Waals surface area contributed by atoms with E-state index in [0.717, 1.165) is 18.4 Å². The van der Waals surface area contributed by atoms with Crippen LogP contribution in [0.3, 0.4) is 0 Å². The zero-order valence-electron chi connectivity index (χ0n) is 18.6. The van der Waals surface area contributed by atoms with Gasteiger partial charge in [-0.1, -0.05) is 23.7 Å². The van der Waals surface area contributed by atoms with Crippen LogP contribution in [0.15, 0.2) is 54.9 Å². The zero-order valence-corrected chi connectivity index (χ0v) is 19.3. The third-order valence-electron chi connectivity index (χ3n) is 6.06. The molecule has 1 aromatic carbocycles. The van der Waals surface area contributed by atoms with Gasteiger partial charge in [0.25, 0.3) is 5.91 Å². The van der Waals surface area contributed by atoms with Crippen molar-refractivity contribution in [3.05, 3.63) is 65.4 Å². The van der Waals surface area contributed by atoms with Gasteiger partial charge in [-0.2, -0.15) is 5.10 Å². The maximum atomic E-state index is 12.7. The molecule has 1 saturated heterocycles. The van der Waals surface area contributed by atoms with E-state index in [9.17, 15) is 14.7 Å². The number of nitrogens with zero attached hydrogens (tertiary/aromatic N) is 5. The van der Waals surface area contributed by atoms with Crippen molar-refractivity contribution >= 4 is 46.1 Å². The molecule has 11 heteroatoms. The molecule has 0 radical (unpaired) electrons. The summed E-state index contributed by atoms with van der Waals surface area (Å²) in [6.45, 7) is 0.823. The maximum absolute atomic E-state index is 12.7. The monoisotopic (exact) mass is 491 g/mol. The summed E-state index contributed by atoms with van der Waals surface area (Å²) < 4.78 is 1.82. The van der Waals surface area contributed by atoms with Gasteiger partial charge in [0.05, 0.1) is 22.0 Å². The van der Waals surface area contributed by atoms with Gasteiger partial charge in [0.2, 0.25) is 0 Å². The predicted octanol–water partition coefficient (Wildman–Crippen LogP) is 4.30. The quantitative estimate of drug-likeness (QED) is 0.386. The highest BCUT2D eigenvalue weighted by molar-refractivity contribution is 6.34. The van der Waals surface area contributed by atoms with Crippen molar-refractivity contribution in [2.45, 2.75) is 18.9 Å². The molecule has 35 heavy (non-hydrogen) atoms. The molecule has 1 unspecified atom stereocenters. The Morgan fingerprint density at radius 2 is 2.00 bits per heavy atom. The largest absolute Gasteiger partial charge is 0.465 e. The number of likely N-dealkylation sites (tertiary alicyclic amines) is 1. The lowest BCUT2D eigenvalue weighted by atomic mass is 10.0. The Balaban J connectivity index is 1.52. The number of amides is 2. The van der Waals surface area contributed by atoms with Gasteiger partial charge in [-0.3, -0.25) is 9.48 Å². The molecule has 0 bridgehead atoms. The SMILES string of the molecule is Nc1nccc2c1c(-c1ccc(C(=O)Nc3ccccn3)cc1Cl)nn2C1CCCN(C(=O)O)C1. The van der Waals surface area contributed by atoms with E-state index in [1.54, 1.807) is 48.8 Å². The van der Waals surface area contributed by atoms with Crippen LogP contribution in [0.2, 0.25) is 5.02 Å². The highest BCUT2D eigenvalue weighted by Gasteiger charge is 2.28. The number of nitrogen functional groups attached to an aromatic ring is 1. The molecule has 10 nitrogen and oxygen atoms in total. The number of nitrogens with one attached hydrogen (secondary N) is 1. The van der Waals surface area contributed by atoms with Crippen molar-refractivity contribution in [2.75, 3.05) is 24.1 Å². The van der Waals surface area contributed by atoms with E-state index in [4.69, 9.17) is 22.4 Å². The minimum atomic E-state index is -0.949. The molecule has 178 valence electrons. The molecule has 4 heterocycles. The summed E-state index contributed by atoms with van der Waals surface area (Å²) in [5.74, 6) is 0.386. The predicted molar refractivity (Wildman–Crippen MR) is 132 cm³/mol. The summed E-state index contributed by atoms with van der Waals surface area (Å²) >= 11 is 6.63. The average Bonchev–Trinajstić information content (AvgIpc) is 3.25. The first-order chi connectivity index (χ1) is 16.9. The number of rotatable bonds is 4. The highest BCUT2D eigenvalue weighted by atomic mass is 35.5. The number of carboxylic acid groups (broad SMARTS) is 1. The van der Waals surface area contributed by atoms with E-state index in [-0.39, 0.29) is 11.9 Å². The molecule has 0 aliphatic carbocycles. The highest BCUT2D eigenvalue weighted by Crippen LogP contribution is 2.37. The van der Waals surface area contributed by atoms with Crippen molar-refractivity contribution in [3.8, 4) is 11.3 Å². The molecule has 4 aromatic rings. The van der Waals surface area contributed by atoms with E-state index in [1.807, 2.05) is 10.7 Å². The Bertz CT molecular complexity index is 1420. The van der Waals surface area contributed by atoms with Gasteiger partial charge in [-0.05, 0) is 43.2 Å². The number of pyridine rings is 2. The van der Waals surface area contributed by atoms with Crippen LogP contribution in [0, 0.1) is 0 Å². The lowest BCUT2D eigenvalue weighted by Crippen LogP contribution is -2.40. The number of aromatic nitrogens is 4. The van der Waals surface area contributed by atoms with Crippen LogP contribution in [0.25, 0.3) is 22.2 Å². The molecule has 3 aromatic heterocycles. The molecular weight excluding hydrogens is 470 g/mol. The van der Waals surface area contributed by atoms with Crippen LogP contribution in [-0.4, -0.2) is 54.8 Å². The van der Waals surface area contributed by atoms with Crippen LogP contribution in [0.1, 0.15) is 29.2 Å². The molecular formula is C24H22ClN7O3. The van der Waals surface area contributed by atoms with Crippen molar-refractivity contribution in [1.29, 1.82) is 0 Å². The van der Waals surface area contributed by atoms with Gasteiger partial charge in [0, 0.05) is 36.6 Å². The zero-order chi connectivity index (χ0) is 24.5. The van der Waals surface area contributed by atoms with E-state index >= 15 is 0 Å². The molecule has 1 fully saturated rings. The minimum absolute atomic E-state index is 0.153. The molecule has 1 aliphatic heterocycles. The Morgan fingerprint density at radius 1 is 1.14 bits per heavy atom. The first kappa shape index (κ1) is 22.6. The lowest BCUT2D eigenvalue weighted by Gasteiger charge is -2.31. The topological polar surface area (TPSA) is 139 Å². The molecule has 1 aliphatic rings. The van der Waals surface area contributed by atoms with Crippen molar-refractivity contribution in [1.82, 2.24) is 24.6 Å². The maximum Gasteiger partial charge on any atom is 0.407 e. The molecule has 2 amide bonds. The number of benzene rings is 1. The smallest absolute Gasteiger partial charge is 0.407 e. The van der Waals surface area contributed by atoms with Crippen LogP contribution in [0.5, 0.6) is 0 Å². The number of fused-ring (bicyclic) bond motifs is 1. The fourth-order valence-corrected chi connectivity index (χ4v) is 4.65. The minimum Gasteiger partial charge on any atom is -0.465 e. The molecule has 1 atom stereocenters. The molecule has 0 saturated carbocycles. The Kier molecular flexibility index (Phi) is 5.96. The average molecular weight is 492 g/mol. The number of hydrogen-bond donors (Lipinski definition) is 3. The summed E-state index contributed by atoms with van der Waals surface area (Å²) in [6, 6.07) is 11.8. The van der Waals surface area contributed by atoms with Gasteiger partial charge in [-0.15, -0.1) is 0 Å². The van der Waals surface area contributed by atoms with E-state index < -0.39 is 6.09 Å². The number of hydrogen-bond acceptors (Lipinski definition) is 6. The number of anilines is 2. The number of halogens is 1. The Labute approximate surface area is 205 Å². The van der Waals surface area contributed by atoms with Crippen LogP contribution in [-0.2, 0) is 0 Å². The lowest BCUT2D eigenvalue weighted by molar-refractivity contribution is 0.102. The first-order valence-electron chi connectivity index (χ1n) is 11.0. The van der Waals surface area contributed by atoms with Crippen LogP contribution < -0.4 is 11.1 Å². The molecule has 0 spiro atoms. The summed E-state index contributed by atoms with van der Waals surface area (Å²) in [5, 5.41) is 18.0. The van der Waals surface area contributed by atoms with Gasteiger partial charge in [-0.25, -0.2) is 14.8 Å². The Hall–Kier alpha value is -4.18. The number of carbonyl (C=O) groups excluding carboxylic acids is 1. The molecule has 4 N–H and O–H groups in total. The summed E-state index contributed by atoms with van der Waals surface area (Å²) in [5.41, 5.74) is 8.48. The fourth-order valence-electron chi connectivity index (χ4n) is 4.38. The van der Waals surface area contributed by atoms with E-state index in [0.29, 0.717) is 52.0 Å². The van der Waals surface area contributed by atoms with Crippen molar-refractivity contribution in [3.63, 3.8) is 0 Å². The van der Waals surface area contributed by atoms with Gasteiger partial charge < -0.3 is 21.1 Å². The van der Waals surface area contributed by atoms with Crippen molar-refractivity contribution < 1.29 is 14.7 Å². The fraction of sp³-hybridized carbons (Fsp3) is 0.208. The number of piperidine rings is 1. The Morgan fingerprint density at radius 3 is 2.74 bits per heavy atom. The van der Waals surface area contributed by atoms with Gasteiger partial charge in [0.1, 0.15) is 17.3 Å². The first-order valence-corrected chi connectivity index (χ1v) is 11.4. The third-order valence-corrected chi connectivity index (χ3v) is 6.37. The number of carbonyl (C=O) groups is 2. The second kappa shape index (κ2) is 9.22. The standard InChI is InChI=1S/C24H22ClN7O3/c25-17-12-14(23(33)29-19-5-1-2-9-27-19)6-7-16(17)21-20-18(8-10-28-22(20)26)32(30-21)15-4-3-11-31(13-15)24(34)35/h1-2,5-10,12,15H,3-4,11,13H2,(H2,26,28)(H,34,35)(H,27,29,33). The number of nitrogens with two attached hydrogens (primary N) is 1. The molecule has 5 rings (SSSR count). The third kappa shape index (κ3) is 4.35. The second-order valence-corrected chi connectivity index (χ2v) is 8.68. The second-order valence-electron chi connectivity index (χ2n) is 8.27.